The summed E-state index contributed by atoms with van der Waals surface area (Å²) in [6.07, 6.45) is 5.10. The number of rotatable bonds is 4. The van der Waals surface area contributed by atoms with Crippen LogP contribution in [0.2, 0.25) is 0 Å². The molecule has 0 unspecified atom stereocenters. The first-order valence-electron chi connectivity index (χ1n) is 7.36. The molecule has 21 heavy (non-hydrogen) atoms. The van der Waals surface area contributed by atoms with Gasteiger partial charge in [-0.1, -0.05) is 25.0 Å². The zero-order valence-corrected chi connectivity index (χ0v) is 11.8. The number of ether oxygens (including phenoxy) is 1. The van der Waals surface area contributed by atoms with Crippen LogP contribution < -0.4 is 5.56 Å². The van der Waals surface area contributed by atoms with Gasteiger partial charge in [0.1, 0.15) is 12.4 Å². The fraction of sp³-hybridized carbons (Fsp3) is 0.438. The van der Waals surface area contributed by atoms with Gasteiger partial charge in [-0.2, -0.15) is 0 Å². The predicted octanol–water partition coefficient (Wildman–Crippen LogP) is 2.55. The van der Waals surface area contributed by atoms with Gasteiger partial charge in [-0.15, -0.1) is 0 Å². The summed E-state index contributed by atoms with van der Waals surface area (Å²) in [5, 5.41) is 0.540. The van der Waals surface area contributed by atoms with Crippen LogP contribution >= 0.6 is 0 Å². The van der Waals surface area contributed by atoms with Gasteiger partial charge < -0.3 is 9.72 Å². The molecule has 0 bridgehead atoms. The summed E-state index contributed by atoms with van der Waals surface area (Å²) in [5.41, 5.74) is 0.408. The van der Waals surface area contributed by atoms with Gasteiger partial charge in [0, 0.05) is 6.42 Å². The Kier molecular flexibility index (Phi) is 3.99. The van der Waals surface area contributed by atoms with E-state index >= 15 is 0 Å². The van der Waals surface area contributed by atoms with Crippen molar-refractivity contribution < 1.29 is 9.53 Å². The van der Waals surface area contributed by atoms with E-state index in [0.717, 1.165) is 12.8 Å². The molecule has 1 saturated carbocycles. The summed E-state index contributed by atoms with van der Waals surface area (Å²) < 4.78 is 5.22. The van der Waals surface area contributed by atoms with Crippen LogP contribution in [0.25, 0.3) is 10.9 Å². The molecule has 0 spiro atoms. The van der Waals surface area contributed by atoms with E-state index in [9.17, 15) is 9.59 Å². The second-order valence-electron chi connectivity index (χ2n) is 5.55. The standard InChI is InChI=1S/C16H18N2O3/c19-15(9-11-5-1-2-6-11)21-10-14-17-13-8-4-3-7-12(13)16(20)18-14/h3-4,7-8,11H,1-2,5-6,9-10H2,(H,17,18,20). The summed E-state index contributed by atoms with van der Waals surface area (Å²) in [4.78, 5) is 30.6. The van der Waals surface area contributed by atoms with Gasteiger partial charge in [0.25, 0.3) is 5.56 Å². The molecule has 0 radical (unpaired) electrons. The average Bonchev–Trinajstić information content (AvgIpc) is 2.98. The van der Waals surface area contributed by atoms with Crippen molar-refractivity contribution in [1.29, 1.82) is 0 Å². The number of fused-ring (bicyclic) bond motifs is 1. The highest BCUT2D eigenvalue weighted by atomic mass is 16.5. The van der Waals surface area contributed by atoms with Gasteiger partial charge in [0.05, 0.1) is 10.9 Å². The number of esters is 1. The van der Waals surface area contributed by atoms with Crippen molar-refractivity contribution >= 4 is 16.9 Å². The number of carbonyl (C=O) groups is 1. The summed E-state index contributed by atoms with van der Waals surface area (Å²) in [6.45, 7) is 0.0195. The van der Waals surface area contributed by atoms with E-state index < -0.39 is 0 Å². The molecule has 1 fully saturated rings. The van der Waals surface area contributed by atoms with Crippen LogP contribution in [-0.4, -0.2) is 15.9 Å². The molecule has 0 amide bonds. The maximum Gasteiger partial charge on any atom is 0.306 e. The van der Waals surface area contributed by atoms with Crippen molar-refractivity contribution in [3.05, 3.63) is 40.4 Å². The summed E-state index contributed by atoms with van der Waals surface area (Å²) in [7, 11) is 0. The van der Waals surface area contributed by atoms with Crippen molar-refractivity contribution in [2.45, 2.75) is 38.7 Å². The van der Waals surface area contributed by atoms with E-state index in [1.54, 1.807) is 18.2 Å². The Balaban J connectivity index is 1.65. The number of aromatic nitrogens is 2. The fourth-order valence-corrected chi connectivity index (χ4v) is 2.86. The molecule has 1 aromatic heterocycles. The third kappa shape index (κ3) is 3.29. The minimum absolute atomic E-state index is 0.0195. The first kappa shape index (κ1) is 13.8. The third-order valence-corrected chi connectivity index (χ3v) is 3.96. The van der Waals surface area contributed by atoms with Crippen molar-refractivity contribution in [3.63, 3.8) is 0 Å². The number of hydrogen-bond donors (Lipinski definition) is 1. The molecular weight excluding hydrogens is 268 g/mol. The lowest BCUT2D eigenvalue weighted by molar-refractivity contribution is -0.146. The molecule has 1 aliphatic rings. The smallest absolute Gasteiger partial charge is 0.306 e. The van der Waals surface area contributed by atoms with Gasteiger partial charge >= 0.3 is 5.97 Å². The molecule has 0 saturated heterocycles. The number of carbonyl (C=O) groups excluding carboxylic acids is 1. The molecule has 2 aromatic rings. The molecule has 1 aliphatic carbocycles. The Labute approximate surface area is 122 Å². The highest BCUT2D eigenvalue weighted by Crippen LogP contribution is 2.27. The number of aromatic amines is 1. The van der Waals surface area contributed by atoms with Gasteiger partial charge in [-0.25, -0.2) is 4.98 Å². The van der Waals surface area contributed by atoms with Crippen LogP contribution in [0.4, 0.5) is 0 Å². The number of nitrogens with zero attached hydrogens (tertiary/aromatic N) is 1. The molecule has 5 heteroatoms. The molecule has 3 rings (SSSR count). The Morgan fingerprint density at radius 2 is 2.05 bits per heavy atom. The molecule has 1 N–H and O–H groups in total. The number of hydrogen-bond acceptors (Lipinski definition) is 4. The van der Waals surface area contributed by atoms with Crippen LogP contribution in [0.1, 0.15) is 37.9 Å². The molecular formula is C16H18N2O3. The quantitative estimate of drug-likeness (QED) is 0.877. The van der Waals surface area contributed by atoms with Crippen molar-refractivity contribution in [2.24, 2.45) is 5.92 Å². The minimum atomic E-state index is -0.210. The number of nitrogens with one attached hydrogen (secondary N) is 1. The summed E-state index contributed by atoms with van der Waals surface area (Å²) in [5.74, 6) is 0.636. The molecule has 5 nitrogen and oxygen atoms in total. The first-order valence-corrected chi connectivity index (χ1v) is 7.36. The maximum absolute atomic E-state index is 11.9. The van der Waals surface area contributed by atoms with Crippen LogP contribution in [0.15, 0.2) is 29.1 Å². The fourth-order valence-electron chi connectivity index (χ4n) is 2.86. The topological polar surface area (TPSA) is 72.0 Å². The second-order valence-corrected chi connectivity index (χ2v) is 5.55. The second kappa shape index (κ2) is 6.08. The van der Waals surface area contributed by atoms with Crippen molar-refractivity contribution in [1.82, 2.24) is 9.97 Å². The first-order chi connectivity index (χ1) is 10.2. The summed E-state index contributed by atoms with van der Waals surface area (Å²) in [6, 6.07) is 7.11. The normalized spacial score (nSPS) is 15.4. The Hall–Kier alpha value is -2.17. The molecule has 0 atom stereocenters. The van der Waals surface area contributed by atoms with Crippen LogP contribution in [-0.2, 0) is 16.1 Å². The van der Waals surface area contributed by atoms with Crippen LogP contribution in [0.3, 0.4) is 0 Å². The van der Waals surface area contributed by atoms with Crippen LogP contribution in [0.5, 0.6) is 0 Å². The SMILES string of the molecule is O=C(CC1CCCC1)OCc1nc2ccccc2c(=O)[nH]1. The van der Waals surface area contributed by atoms with Gasteiger partial charge in [0.2, 0.25) is 0 Å². The van der Waals surface area contributed by atoms with E-state index in [1.807, 2.05) is 6.07 Å². The lowest BCUT2D eigenvalue weighted by Crippen LogP contribution is -2.15. The predicted molar refractivity (Wildman–Crippen MR) is 78.7 cm³/mol. The maximum atomic E-state index is 11.9. The summed E-state index contributed by atoms with van der Waals surface area (Å²) >= 11 is 0. The Bertz CT molecular complexity index is 702. The highest BCUT2D eigenvalue weighted by molar-refractivity contribution is 5.77. The van der Waals surface area contributed by atoms with E-state index in [4.69, 9.17) is 4.74 Å². The van der Waals surface area contributed by atoms with E-state index in [2.05, 4.69) is 9.97 Å². The zero-order valence-electron chi connectivity index (χ0n) is 11.8. The number of para-hydroxylation sites is 1. The van der Waals surface area contributed by atoms with Gasteiger partial charge in [0.15, 0.2) is 0 Å². The molecule has 1 heterocycles. The minimum Gasteiger partial charge on any atom is -0.458 e. The lowest BCUT2D eigenvalue weighted by atomic mass is 10.1. The Morgan fingerprint density at radius 3 is 2.86 bits per heavy atom. The van der Waals surface area contributed by atoms with Crippen molar-refractivity contribution in [3.8, 4) is 0 Å². The molecule has 1 aromatic carbocycles. The van der Waals surface area contributed by atoms with Gasteiger partial charge in [-0.3, -0.25) is 9.59 Å². The third-order valence-electron chi connectivity index (χ3n) is 3.96. The van der Waals surface area contributed by atoms with Crippen molar-refractivity contribution in [2.75, 3.05) is 0 Å². The lowest BCUT2D eigenvalue weighted by Gasteiger charge is -2.09. The van der Waals surface area contributed by atoms with Gasteiger partial charge in [-0.05, 0) is 30.9 Å². The van der Waals surface area contributed by atoms with E-state index in [0.29, 0.717) is 29.1 Å². The Morgan fingerprint density at radius 1 is 1.29 bits per heavy atom. The molecule has 110 valence electrons. The monoisotopic (exact) mass is 286 g/mol. The van der Waals surface area contributed by atoms with Crippen LogP contribution in [0, 0.1) is 5.92 Å². The number of benzene rings is 1. The highest BCUT2D eigenvalue weighted by Gasteiger charge is 2.19. The zero-order chi connectivity index (χ0) is 14.7. The molecule has 0 aliphatic heterocycles. The van der Waals surface area contributed by atoms with E-state index in [-0.39, 0.29) is 18.1 Å². The average molecular weight is 286 g/mol. The van der Waals surface area contributed by atoms with E-state index in [1.165, 1.54) is 12.8 Å². The largest absolute Gasteiger partial charge is 0.458 e. The number of H-pyrrole nitrogens is 1.